The van der Waals surface area contributed by atoms with Crippen LogP contribution >= 0.6 is 0 Å². The molecule has 0 unspecified atom stereocenters. The molecular weight excluding hydrogens is 432 g/mol. The van der Waals surface area contributed by atoms with E-state index in [1.807, 2.05) is 25.1 Å². The molecule has 6 heteroatoms. The molecule has 2 nitrogen and oxygen atoms in total. The van der Waals surface area contributed by atoms with Crippen molar-refractivity contribution in [3.8, 4) is 0 Å². The monoisotopic (exact) mass is 458 g/mol. The SMILES string of the molecule is C/C=C/CCC1COC(c2ccc3c(F)c(CCc4cc(F)c(F)c(F)c4)ccc3c2)OC1. The van der Waals surface area contributed by atoms with E-state index in [4.69, 9.17) is 9.47 Å². The highest BCUT2D eigenvalue weighted by molar-refractivity contribution is 5.84. The number of hydrogen-bond acceptors (Lipinski definition) is 2. The Labute approximate surface area is 190 Å². The molecule has 1 aliphatic rings. The van der Waals surface area contributed by atoms with E-state index in [0.717, 1.165) is 35.9 Å². The molecule has 3 aromatic carbocycles. The smallest absolute Gasteiger partial charge is 0.194 e. The maximum absolute atomic E-state index is 15.1. The molecule has 0 radical (unpaired) electrons. The van der Waals surface area contributed by atoms with Crippen molar-refractivity contribution < 1.29 is 27.0 Å². The molecule has 0 N–H and O–H groups in total. The van der Waals surface area contributed by atoms with Gasteiger partial charge in [-0.05, 0) is 67.3 Å². The average Bonchev–Trinajstić information content (AvgIpc) is 2.82. The van der Waals surface area contributed by atoms with Crippen molar-refractivity contribution in [3.05, 3.63) is 94.6 Å². The van der Waals surface area contributed by atoms with Gasteiger partial charge in [-0.25, -0.2) is 17.6 Å². The van der Waals surface area contributed by atoms with Gasteiger partial charge in [-0.15, -0.1) is 0 Å². The number of fused-ring (bicyclic) bond motifs is 1. The molecule has 0 bridgehead atoms. The summed E-state index contributed by atoms with van der Waals surface area (Å²) in [5, 5.41) is 1.17. The standard InChI is InChI=1S/C27H26F4O2/c1-2-3-4-5-18-15-32-27(33-16-18)21-10-11-22-20(14-21)9-8-19(25(22)30)7-6-17-12-23(28)26(31)24(29)13-17/h2-3,8-14,18,27H,4-7,15-16H2,1H3/b3-2+. The van der Waals surface area contributed by atoms with Gasteiger partial charge in [-0.3, -0.25) is 0 Å². The summed E-state index contributed by atoms with van der Waals surface area (Å²) < 4.78 is 66.9. The van der Waals surface area contributed by atoms with Crippen LogP contribution in [-0.2, 0) is 22.3 Å². The molecule has 0 saturated carbocycles. The molecule has 1 aliphatic heterocycles. The van der Waals surface area contributed by atoms with Crippen LogP contribution in [0.1, 0.15) is 42.7 Å². The fourth-order valence-corrected chi connectivity index (χ4v) is 4.13. The quantitative estimate of drug-likeness (QED) is 0.212. The summed E-state index contributed by atoms with van der Waals surface area (Å²) in [6.07, 6.45) is 6.13. The van der Waals surface area contributed by atoms with Gasteiger partial charge in [0.15, 0.2) is 23.7 Å². The largest absolute Gasteiger partial charge is 0.348 e. The molecule has 1 fully saturated rings. The van der Waals surface area contributed by atoms with Crippen LogP contribution in [0.25, 0.3) is 10.8 Å². The van der Waals surface area contributed by atoms with Crippen molar-refractivity contribution in [2.24, 2.45) is 5.92 Å². The third-order valence-electron chi connectivity index (χ3n) is 6.00. The van der Waals surface area contributed by atoms with E-state index in [-0.39, 0.29) is 24.2 Å². The predicted molar refractivity (Wildman–Crippen MR) is 120 cm³/mol. The lowest BCUT2D eigenvalue weighted by atomic mass is 9.98. The average molecular weight is 458 g/mol. The first-order valence-corrected chi connectivity index (χ1v) is 11.1. The summed E-state index contributed by atoms with van der Waals surface area (Å²) in [6.45, 7) is 3.25. The second kappa shape index (κ2) is 10.5. The van der Waals surface area contributed by atoms with E-state index in [1.54, 1.807) is 18.2 Å². The number of halogens is 4. The highest BCUT2D eigenvalue weighted by Gasteiger charge is 2.23. The fraction of sp³-hybridized carbons (Fsp3) is 0.333. The second-order valence-electron chi connectivity index (χ2n) is 8.40. The van der Waals surface area contributed by atoms with Crippen LogP contribution < -0.4 is 0 Å². The predicted octanol–water partition coefficient (Wildman–Crippen LogP) is 7.20. The molecule has 33 heavy (non-hydrogen) atoms. The molecule has 0 amide bonds. The number of rotatable bonds is 7. The molecule has 1 saturated heterocycles. The minimum atomic E-state index is -1.50. The first-order valence-electron chi connectivity index (χ1n) is 11.1. The lowest BCUT2D eigenvalue weighted by Crippen LogP contribution is -2.27. The summed E-state index contributed by atoms with van der Waals surface area (Å²) >= 11 is 0. The lowest BCUT2D eigenvalue weighted by molar-refractivity contribution is -0.205. The van der Waals surface area contributed by atoms with Gasteiger partial charge in [0, 0.05) is 16.9 Å². The number of ether oxygens (including phenoxy) is 2. The van der Waals surface area contributed by atoms with Gasteiger partial charge < -0.3 is 9.47 Å². The summed E-state index contributed by atoms with van der Waals surface area (Å²) in [5.41, 5.74) is 1.53. The third kappa shape index (κ3) is 5.45. The number of hydrogen-bond donors (Lipinski definition) is 0. The van der Waals surface area contributed by atoms with Crippen LogP contribution in [0.15, 0.2) is 54.6 Å². The summed E-state index contributed by atoms with van der Waals surface area (Å²) in [6, 6.07) is 10.7. The zero-order chi connectivity index (χ0) is 23.4. The molecule has 0 atom stereocenters. The van der Waals surface area contributed by atoms with Gasteiger partial charge >= 0.3 is 0 Å². The van der Waals surface area contributed by atoms with Gasteiger partial charge in [0.25, 0.3) is 0 Å². The topological polar surface area (TPSA) is 18.5 Å². The van der Waals surface area contributed by atoms with Crippen LogP contribution in [0.5, 0.6) is 0 Å². The van der Waals surface area contributed by atoms with E-state index in [0.29, 0.717) is 30.1 Å². The van der Waals surface area contributed by atoms with Crippen molar-refractivity contribution >= 4 is 10.8 Å². The lowest BCUT2D eigenvalue weighted by Gasteiger charge is -2.29. The summed E-state index contributed by atoms with van der Waals surface area (Å²) in [7, 11) is 0. The molecule has 0 aromatic heterocycles. The van der Waals surface area contributed by atoms with E-state index in [9.17, 15) is 13.2 Å². The highest BCUT2D eigenvalue weighted by Crippen LogP contribution is 2.31. The Morgan fingerprint density at radius 1 is 0.879 bits per heavy atom. The Kier molecular flexibility index (Phi) is 7.46. The molecule has 0 spiro atoms. The van der Waals surface area contributed by atoms with Gasteiger partial charge in [0.2, 0.25) is 0 Å². The minimum Gasteiger partial charge on any atom is -0.348 e. The van der Waals surface area contributed by atoms with Crippen molar-refractivity contribution in [1.82, 2.24) is 0 Å². The van der Waals surface area contributed by atoms with Crippen molar-refractivity contribution in [1.29, 1.82) is 0 Å². The molecule has 0 aliphatic carbocycles. The van der Waals surface area contributed by atoms with Gasteiger partial charge in [-0.2, -0.15) is 0 Å². The summed E-state index contributed by atoms with van der Waals surface area (Å²) in [5.74, 6) is -4.00. The second-order valence-corrected chi connectivity index (χ2v) is 8.40. The van der Waals surface area contributed by atoms with Crippen LogP contribution in [0.4, 0.5) is 17.6 Å². The van der Waals surface area contributed by atoms with E-state index in [1.165, 1.54) is 0 Å². The molecule has 1 heterocycles. The minimum absolute atomic E-state index is 0.188. The zero-order valence-corrected chi connectivity index (χ0v) is 18.4. The molecular formula is C27H26F4O2. The first-order chi connectivity index (χ1) is 16.0. The van der Waals surface area contributed by atoms with Gasteiger partial charge in [-0.1, -0.05) is 36.4 Å². The Morgan fingerprint density at radius 2 is 1.61 bits per heavy atom. The van der Waals surface area contributed by atoms with Crippen LogP contribution in [-0.4, -0.2) is 13.2 Å². The van der Waals surface area contributed by atoms with Crippen molar-refractivity contribution in [2.45, 2.75) is 38.9 Å². The Hall–Kier alpha value is -2.70. The third-order valence-corrected chi connectivity index (χ3v) is 6.00. The Morgan fingerprint density at radius 3 is 2.30 bits per heavy atom. The number of aryl methyl sites for hydroxylation is 2. The number of benzene rings is 3. The Balaban J connectivity index is 1.43. The van der Waals surface area contributed by atoms with Crippen molar-refractivity contribution in [3.63, 3.8) is 0 Å². The maximum Gasteiger partial charge on any atom is 0.194 e. The molecule has 3 aromatic rings. The zero-order valence-electron chi connectivity index (χ0n) is 18.4. The first kappa shape index (κ1) is 23.5. The fourth-order valence-electron chi connectivity index (χ4n) is 4.13. The van der Waals surface area contributed by atoms with Gasteiger partial charge in [0.05, 0.1) is 13.2 Å². The highest BCUT2D eigenvalue weighted by atomic mass is 19.2. The normalized spacial score (nSPS) is 18.9. The van der Waals surface area contributed by atoms with E-state index in [2.05, 4.69) is 6.08 Å². The van der Waals surface area contributed by atoms with Gasteiger partial charge in [0.1, 0.15) is 5.82 Å². The van der Waals surface area contributed by atoms with Crippen LogP contribution in [0.2, 0.25) is 0 Å². The molecule has 4 rings (SSSR count). The van der Waals surface area contributed by atoms with Crippen LogP contribution in [0, 0.1) is 29.2 Å². The Bertz CT molecular complexity index is 1130. The molecule has 174 valence electrons. The van der Waals surface area contributed by atoms with E-state index < -0.39 is 23.7 Å². The van der Waals surface area contributed by atoms with E-state index >= 15 is 4.39 Å². The summed E-state index contributed by atoms with van der Waals surface area (Å²) in [4.78, 5) is 0. The van der Waals surface area contributed by atoms with Crippen LogP contribution in [0.3, 0.4) is 0 Å². The number of allylic oxidation sites excluding steroid dienone is 2. The van der Waals surface area contributed by atoms with Crippen molar-refractivity contribution in [2.75, 3.05) is 13.2 Å². The maximum atomic E-state index is 15.1.